The highest BCUT2D eigenvalue weighted by Gasteiger charge is 2.23. The average molecular weight is 196 g/mol. The van der Waals surface area contributed by atoms with Crippen LogP contribution in [0.4, 0.5) is 0 Å². The molecule has 0 aliphatic heterocycles. The van der Waals surface area contributed by atoms with Crippen LogP contribution in [0.5, 0.6) is 0 Å². The molecule has 1 unspecified atom stereocenters. The molecule has 1 fully saturated rings. The lowest BCUT2D eigenvalue weighted by molar-refractivity contribution is -0.0332. The molecule has 0 aromatic carbocycles. The Morgan fingerprint density at radius 1 is 1.29 bits per heavy atom. The van der Waals surface area contributed by atoms with Gasteiger partial charge in [-0.25, -0.2) is 0 Å². The third-order valence-corrected chi connectivity index (χ3v) is 3.02. The Labute approximate surface area is 88.5 Å². The Balaban J connectivity index is 2.42. The smallest absolute Gasteiger partial charge is 0.0641 e. The van der Waals surface area contributed by atoms with E-state index < -0.39 is 0 Å². The van der Waals surface area contributed by atoms with E-state index in [1.807, 2.05) is 6.08 Å². The molecule has 82 valence electrons. The largest absolute Gasteiger partial charge is 0.375 e. The molecule has 0 bridgehead atoms. The van der Waals surface area contributed by atoms with E-state index in [9.17, 15) is 0 Å². The minimum Gasteiger partial charge on any atom is -0.375 e. The van der Waals surface area contributed by atoms with Crippen molar-refractivity contribution in [3.8, 4) is 0 Å². The summed E-state index contributed by atoms with van der Waals surface area (Å²) in [6.45, 7) is 8.07. The molecular weight excluding hydrogens is 172 g/mol. The monoisotopic (exact) mass is 196 g/mol. The van der Waals surface area contributed by atoms with E-state index in [-0.39, 0.29) is 0 Å². The van der Waals surface area contributed by atoms with Crippen molar-refractivity contribution >= 4 is 0 Å². The van der Waals surface area contributed by atoms with E-state index in [2.05, 4.69) is 20.4 Å². The summed E-state index contributed by atoms with van der Waals surface area (Å²) in [6, 6.07) is 0. The van der Waals surface area contributed by atoms with Crippen molar-refractivity contribution in [3.63, 3.8) is 0 Å². The predicted molar refractivity (Wildman–Crippen MR) is 61.4 cm³/mol. The van der Waals surface area contributed by atoms with Gasteiger partial charge in [0.05, 0.1) is 12.2 Å². The van der Waals surface area contributed by atoms with Crippen molar-refractivity contribution < 1.29 is 4.74 Å². The second-order valence-electron chi connectivity index (χ2n) is 4.65. The van der Waals surface area contributed by atoms with Crippen LogP contribution in [0.1, 0.15) is 52.4 Å². The summed E-state index contributed by atoms with van der Waals surface area (Å²) < 4.78 is 5.96. The van der Waals surface area contributed by atoms with Gasteiger partial charge in [-0.3, -0.25) is 0 Å². The molecule has 1 aliphatic rings. The molecule has 0 spiro atoms. The average Bonchev–Trinajstić information content (AvgIpc) is 2.18. The first-order valence-corrected chi connectivity index (χ1v) is 6.00. The summed E-state index contributed by atoms with van der Waals surface area (Å²) in [4.78, 5) is 0. The van der Waals surface area contributed by atoms with E-state index in [1.54, 1.807) is 0 Å². The van der Waals surface area contributed by atoms with Crippen molar-refractivity contribution in [2.45, 2.75) is 64.6 Å². The van der Waals surface area contributed by atoms with Crippen LogP contribution in [0, 0.1) is 5.92 Å². The van der Waals surface area contributed by atoms with Gasteiger partial charge in [0.1, 0.15) is 0 Å². The standard InChI is InChI=1S/C13H24O/c1-4-8-13(14-11(2)3)12-9-6-5-7-10-12/h4,11-13H,1,5-10H2,2-3H3. The molecule has 1 heteroatoms. The SMILES string of the molecule is C=CCC(OC(C)C)C1CCCCC1. The van der Waals surface area contributed by atoms with Crippen molar-refractivity contribution in [3.05, 3.63) is 12.7 Å². The summed E-state index contributed by atoms with van der Waals surface area (Å²) in [6.07, 6.45) is 10.7. The Bertz CT molecular complexity index is 157. The van der Waals surface area contributed by atoms with Crippen molar-refractivity contribution in [1.82, 2.24) is 0 Å². The molecule has 14 heavy (non-hydrogen) atoms. The van der Waals surface area contributed by atoms with E-state index in [4.69, 9.17) is 4.74 Å². The van der Waals surface area contributed by atoms with Gasteiger partial charge in [0, 0.05) is 0 Å². The molecule has 0 aromatic rings. The van der Waals surface area contributed by atoms with Crippen LogP contribution < -0.4 is 0 Å². The molecule has 0 amide bonds. The molecular formula is C13H24O. The summed E-state index contributed by atoms with van der Waals surface area (Å²) in [5, 5.41) is 0. The molecule has 0 radical (unpaired) electrons. The van der Waals surface area contributed by atoms with Crippen LogP contribution in [-0.2, 0) is 4.74 Å². The highest BCUT2D eigenvalue weighted by molar-refractivity contribution is 4.81. The van der Waals surface area contributed by atoms with E-state index >= 15 is 0 Å². The summed E-state index contributed by atoms with van der Waals surface area (Å²) in [5.74, 6) is 0.782. The van der Waals surface area contributed by atoms with E-state index in [0.29, 0.717) is 12.2 Å². The predicted octanol–water partition coefficient (Wildman–Crippen LogP) is 3.94. The second kappa shape index (κ2) is 6.23. The lowest BCUT2D eigenvalue weighted by Crippen LogP contribution is -2.28. The third kappa shape index (κ3) is 3.83. The molecule has 1 atom stereocenters. The third-order valence-electron chi connectivity index (χ3n) is 3.02. The molecule has 1 nitrogen and oxygen atoms in total. The van der Waals surface area contributed by atoms with Crippen LogP contribution in [-0.4, -0.2) is 12.2 Å². The highest BCUT2D eigenvalue weighted by atomic mass is 16.5. The summed E-state index contributed by atoms with van der Waals surface area (Å²) in [5.41, 5.74) is 0. The lowest BCUT2D eigenvalue weighted by atomic mass is 9.84. The maximum Gasteiger partial charge on any atom is 0.0641 e. The fourth-order valence-electron chi connectivity index (χ4n) is 2.38. The van der Waals surface area contributed by atoms with Gasteiger partial charge >= 0.3 is 0 Å². The van der Waals surface area contributed by atoms with Crippen LogP contribution in [0.3, 0.4) is 0 Å². The second-order valence-corrected chi connectivity index (χ2v) is 4.65. The first-order chi connectivity index (χ1) is 6.74. The van der Waals surface area contributed by atoms with Crippen molar-refractivity contribution in [2.24, 2.45) is 5.92 Å². The molecule has 0 saturated heterocycles. The Morgan fingerprint density at radius 3 is 2.43 bits per heavy atom. The van der Waals surface area contributed by atoms with Gasteiger partial charge in [-0.2, -0.15) is 0 Å². The topological polar surface area (TPSA) is 9.23 Å². The lowest BCUT2D eigenvalue weighted by Gasteiger charge is -2.31. The Hall–Kier alpha value is -0.300. The van der Waals surface area contributed by atoms with Gasteiger partial charge in [0.2, 0.25) is 0 Å². The van der Waals surface area contributed by atoms with Crippen LogP contribution in [0.25, 0.3) is 0 Å². The van der Waals surface area contributed by atoms with Gasteiger partial charge < -0.3 is 4.74 Å². The zero-order valence-corrected chi connectivity index (χ0v) is 9.67. The highest BCUT2D eigenvalue weighted by Crippen LogP contribution is 2.30. The zero-order chi connectivity index (χ0) is 10.4. The zero-order valence-electron chi connectivity index (χ0n) is 9.67. The Morgan fingerprint density at radius 2 is 1.93 bits per heavy atom. The summed E-state index contributed by atoms with van der Waals surface area (Å²) in [7, 11) is 0. The first kappa shape index (κ1) is 11.8. The minimum absolute atomic E-state index is 0.349. The molecule has 1 saturated carbocycles. The minimum atomic E-state index is 0.349. The molecule has 1 rings (SSSR count). The Kier molecular flexibility index (Phi) is 5.24. The molecule has 1 aliphatic carbocycles. The maximum absolute atomic E-state index is 5.96. The quantitative estimate of drug-likeness (QED) is 0.605. The van der Waals surface area contributed by atoms with Gasteiger partial charge in [0.15, 0.2) is 0 Å². The van der Waals surface area contributed by atoms with Gasteiger partial charge in [-0.1, -0.05) is 25.3 Å². The fourth-order valence-corrected chi connectivity index (χ4v) is 2.38. The number of hydrogen-bond donors (Lipinski definition) is 0. The number of hydrogen-bond acceptors (Lipinski definition) is 1. The molecule has 0 N–H and O–H groups in total. The molecule has 0 heterocycles. The van der Waals surface area contributed by atoms with Crippen LogP contribution in [0.15, 0.2) is 12.7 Å². The fraction of sp³-hybridized carbons (Fsp3) is 0.846. The van der Waals surface area contributed by atoms with Crippen LogP contribution in [0.2, 0.25) is 0 Å². The van der Waals surface area contributed by atoms with E-state index in [0.717, 1.165) is 12.3 Å². The van der Waals surface area contributed by atoms with Crippen LogP contribution >= 0.6 is 0 Å². The molecule has 0 aromatic heterocycles. The van der Waals surface area contributed by atoms with Crippen molar-refractivity contribution in [2.75, 3.05) is 0 Å². The normalized spacial score (nSPS) is 21.1. The van der Waals surface area contributed by atoms with Gasteiger partial charge in [-0.05, 0) is 39.0 Å². The van der Waals surface area contributed by atoms with Gasteiger partial charge in [0.25, 0.3) is 0 Å². The number of ether oxygens (including phenoxy) is 1. The van der Waals surface area contributed by atoms with E-state index in [1.165, 1.54) is 32.1 Å². The maximum atomic E-state index is 5.96. The van der Waals surface area contributed by atoms with Gasteiger partial charge in [-0.15, -0.1) is 6.58 Å². The van der Waals surface area contributed by atoms with Crippen molar-refractivity contribution in [1.29, 1.82) is 0 Å². The number of rotatable bonds is 5. The summed E-state index contributed by atoms with van der Waals surface area (Å²) >= 11 is 0. The first-order valence-electron chi connectivity index (χ1n) is 6.00.